The van der Waals surface area contributed by atoms with Crippen molar-refractivity contribution >= 4 is 39.1 Å². The van der Waals surface area contributed by atoms with Gasteiger partial charge < -0.3 is 10.2 Å². The summed E-state index contributed by atoms with van der Waals surface area (Å²) in [6, 6.07) is 13.3. The van der Waals surface area contributed by atoms with Gasteiger partial charge in [0.25, 0.3) is 0 Å². The molecule has 0 aliphatic heterocycles. The Morgan fingerprint density at radius 1 is 1.09 bits per heavy atom. The van der Waals surface area contributed by atoms with Crippen LogP contribution in [0.25, 0.3) is 0 Å². The molecule has 0 aliphatic rings. The first kappa shape index (κ1) is 27.7. The first-order valence-electron chi connectivity index (χ1n) is 11.3. The van der Waals surface area contributed by atoms with Gasteiger partial charge in [0.15, 0.2) is 0 Å². The summed E-state index contributed by atoms with van der Waals surface area (Å²) in [4.78, 5) is 28.1. The van der Waals surface area contributed by atoms with Crippen molar-refractivity contribution in [3.8, 4) is 0 Å². The SMILES string of the molecule is CC[C@@H](C(=O)NCC(C)C)N(Cc1ccccc1Cl)C(=O)CN(c1cccc(C)c1)S(C)(=O)=O. The number of aryl methyl sites for hydroxylation is 1. The van der Waals surface area contributed by atoms with E-state index >= 15 is 0 Å². The number of nitrogens with zero attached hydrogens (tertiary/aromatic N) is 2. The monoisotopic (exact) mass is 507 g/mol. The van der Waals surface area contributed by atoms with Crippen molar-refractivity contribution in [3.05, 3.63) is 64.7 Å². The third kappa shape index (κ3) is 7.74. The van der Waals surface area contributed by atoms with Gasteiger partial charge in [-0.15, -0.1) is 0 Å². The number of sulfonamides is 1. The minimum Gasteiger partial charge on any atom is -0.354 e. The van der Waals surface area contributed by atoms with E-state index in [1.807, 2.05) is 33.8 Å². The van der Waals surface area contributed by atoms with Crippen molar-refractivity contribution in [2.75, 3.05) is 23.7 Å². The average molecular weight is 508 g/mol. The third-order valence-electron chi connectivity index (χ3n) is 5.34. The maximum absolute atomic E-state index is 13.6. The van der Waals surface area contributed by atoms with Crippen LogP contribution >= 0.6 is 11.6 Å². The van der Waals surface area contributed by atoms with Crippen LogP contribution in [0.1, 0.15) is 38.3 Å². The van der Waals surface area contributed by atoms with Crippen LogP contribution in [0.15, 0.2) is 48.5 Å². The smallest absolute Gasteiger partial charge is 0.244 e. The van der Waals surface area contributed by atoms with Crippen molar-refractivity contribution < 1.29 is 18.0 Å². The van der Waals surface area contributed by atoms with Crippen molar-refractivity contribution in [1.29, 1.82) is 0 Å². The number of nitrogens with one attached hydrogen (secondary N) is 1. The molecule has 0 fully saturated rings. The van der Waals surface area contributed by atoms with Gasteiger partial charge in [-0.25, -0.2) is 8.42 Å². The summed E-state index contributed by atoms with van der Waals surface area (Å²) >= 11 is 6.35. The van der Waals surface area contributed by atoms with Crippen LogP contribution in [0, 0.1) is 12.8 Å². The number of hydrogen-bond donors (Lipinski definition) is 1. The first-order chi connectivity index (χ1) is 15.9. The maximum atomic E-state index is 13.6. The van der Waals surface area contributed by atoms with Crippen LogP contribution in [-0.4, -0.2) is 50.5 Å². The van der Waals surface area contributed by atoms with E-state index in [9.17, 15) is 18.0 Å². The van der Waals surface area contributed by atoms with Crippen LogP contribution < -0.4 is 9.62 Å². The minimum absolute atomic E-state index is 0.0809. The summed E-state index contributed by atoms with van der Waals surface area (Å²) in [5, 5.41) is 3.36. The molecule has 34 heavy (non-hydrogen) atoms. The zero-order valence-electron chi connectivity index (χ0n) is 20.4. The standard InChI is InChI=1S/C25H34ClN3O4S/c1-6-23(25(31)27-15-18(2)3)28(16-20-11-7-8-13-22(20)26)24(30)17-29(34(5,32)33)21-12-9-10-19(4)14-21/h7-14,18,23H,6,15-17H2,1-5H3,(H,27,31)/t23-/m0/s1. The Morgan fingerprint density at radius 2 is 1.76 bits per heavy atom. The van der Waals surface area contributed by atoms with Crippen molar-refractivity contribution in [2.24, 2.45) is 5.92 Å². The molecular formula is C25H34ClN3O4S. The molecule has 0 bridgehead atoms. The molecule has 0 saturated heterocycles. The van der Waals surface area contributed by atoms with Crippen LogP contribution in [0.2, 0.25) is 5.02 Å². The second-order valence-electron chi connectivity index (χ2n) is 8.78. The lowest BCUT2D eigenvalue weighted by atomic mass is 10.1. The molecule has 2 amide bonds. The number of anilines is 1. The molecule has 0 aromatic heterocycles. The Labute approximate surface area is 208 Å². The highest BCUT2D eigenvalue weighted by Crippen LogP contribution is 2.22. The summed E-state index contributed by atoms with van der Waals surface area (Å²) in [7, 11) is -3.76. The molecule has 1 atom stereocenters. The van der Waals surface area contributed by atoms with Crippen LogP contribution in [0.3, 0.4) is 0 Å². The van der Waals surface area contributed by atoms with Crippen LogP contribution in [0.4, 0.5) is 5.69 Å². The Morgan fingerprint density at radius 3 is 2.32 bits per heavy atom. The molecule has 186 valence electrons. The Balaban J connectivity index is 2.43. The molecule has 2 rings (SSSR count). The van der Waals surface area contributed by atoms with Crippen LogP contribution in [0.5, 0.6) is 0 Å². The quantitative estimate of drug-likeness (QED) is 0.498. The number of halogens is 1. The molecule has 0 aliphatic carbocycles. The highest BCUT2D eigenvalue weighted by Gasteiger charge is 2.32. The van der Waals surface area contributed by atoms with E-state index < -0.39 is 28.5 Å². The number of amides is 2. The lowest BCUT2D eigenvalue weighted by Crippen LogP contribution is -2.52. The Hall–Kier alpha value is -2.58. The molecule has 0 radical (unpaired) electrons. The van der Waals surface area contributed by atoms with Gasteiger partial charge in [-0.05, 0) is 48.6 Å². The topological polar surface area (TPSA) is 86.8 Å². The van der Waals surface area contributed by atoms with E-state index in [4.69, 9.17) is 11.6 Å². The molecular weight excluding hydrogens is 474 g/mol. The van der Waals surface area contributed by atoms with E-state index in [1.54, 1.807) is 42.5 Å². The van der Waals surface area contributed by atoms with E-state index in [1.165, 1.54) is 4.90 Å². The molecule has 0 saturated carbocycles. The zero-order chi connectivity index (χ0) is 25.5. The fourth-order valence-corrected chi connectivity index (χ4v) is 4.59. The summed E-state index contributed by atoms with van der Waals surface area (Å²) in [6.45, 7) is 7.77. The molecule has 0 spiro atoms. The summed E-state index contributed by atoms with van der Waals surface area (Å²) in [6.07, 6.45) is 1.43. The maximum Gasteiger partial charge on any atom is 0.244 e. The van der Waals surface area contributed by atoms with E-state index in [2.05, 4.69) is 5.32 Å². The van der Waals surface area contributed by atoms with Gasteiger partial charge in [-0.3, -0.25) is 13.9 Å². The average Bonchev–Trinajstić information content (AvgIpc) is 2.76. The number of hydrogen-bond acceptors (Lipinski definition) is 4. The second kappa shape index (κ2) is 12.2. The van der Waals surface area contributed by atoms with Gasteiger partial charge in [-0.1, -0.05) is 62.7 Å². The number of carbonyl (C=O) groups excluding carboxylic acids is 2. The Kier molecular flexibility index (Phi) is 9.94. The lowest BCUT2D eigenvalue weighted by molar-refractivity contribution is -0.140. The normalized spacial score (nSPS) is 12.3. The van der Waals surface area contributed by atoms with Crippen molar-refractivity contribution in [2.45, 2.75) is 46.7 Å². The van der Waals surface area contributed by atoms with E-state index in [-0.39, 0.29) is 18.4 Å². The number of carbonyl (C=O) groups is 2. The molecule has 0 unspecified atom stereocenters. The second-order valence-corrected chi connectivity index (χ2v) is 11.1. The summed E-state index contributed by atoms with van der Waals surface area (Å²) in [5.41, 5.74) is 1.94. The van der Waals surface area contributed by atoms with Gasteiger partial charge in [0.1, 0.15) is 12.6 Å². The molecule has 2 aromatic rings. The summed E-state index contributed by atoms with van der Waals surface area (Å²) in [5.74, 6) is -0.521. The number of rotatable bonds is 11. The third-order valence-corrected chi connectivity index (χ3v) is 6.85. The highest BCUT2D eigenvalue weighted by molar-refractivity contribution is 7.92. The molecule has 1 N–H and O–H groups in total. The molecule has 7 nitrogen and oxygen atoms in total. The Bertz CT molecular complexity index is 1100. The largest absolute Gasteiger partial charge is 0.354 e. The van der Waals surface area contributed by atoms with Gasteiger partial charge in [0.2, 0.25) is 21.8 Å². The van der Waals surface area contributed by atoms with Crippen molar-refractivity contribution in [1.82, 2.24) is 10.2 Å². The van der Waals surface area contributed by atoms with E-state index in [0.717, 1.165) is 16.1 Å². The fraction of sp³-hybridized carbons (Fsp3) is 0.440. The molecule has 2 aromatic carbocycles. The summed E-state index contributed by atoms with van der Waals surface area (Å²) < 4.78 is 26.3. The lowest BCUT2D eigenvalue weighted by Gasteiger charge is -2.33. The van der Waals surface area contributed by atoms with Gasteiger partial charge in [0.05, 0.1) is 11.9 Å². The van der Waals surface area contributed by atoms with Gasteiger partial charge in [-0.2, -0.15) is 0 Å². The molecule has 0 heterocycles. The van der Waals surface area contributed by atoms with Gasteiger partial charge in [0, 0.05) is 18.1 Å². The fourth-order valence-electron chi connectivity index (χ4n) is 3.55. The number of benzene rings is 2. The van der Waals surface area contributed by atoms with Crippen LogP contribution in [-0.2, 0) is 26.2 Å². The first-order valence-corrected chi connectivity index (χ1v) is 13.5. The predicted molar refractivity (Wildman–Crippen MR) is 137 cm³/mol. The molecule has 9 heteroatoms. The highest BCUT2D eigenvalue weighted by atomic mass is 35.5. The minimum atomic E-state index is -3.76. The zero-order valence-corrected chi connectivity index (χ0v) is 22.0. The van der Waals surface area contributed by atoms with Crippen molar-refractivity contribution in [3.63, 3.8) is 0 Å². The van der Waals surface area contributed by atoms with Gasteiger partial charge >= 0.3 is 0 Å². The van der Waals surface area contributed by atoms with E-state index in [0.29, 0.717) is 29.2 Å². The predicted octanol–water partition coefficient (Wildman–Crippen LogP) is 3.99.